The smallest absolute Gasteiger partial charge is 0.152 e. The fourth-order valence-electron chi connectivity index (χ4n) is 1.22. The second kappa shape index (κ2) is 4.75. The molecule has 3 nitrogen and oxygen atoms in total. The fraction of sp³-hybridized carbons (Fsp3) is 0.0909. The number of hydrogen-bond acceptors (Lipinski definition) is 3. The number of halogens is 1. The summed E-state index contributed by atoms with van der Waals surface area (Å²) in [5.41, 5.74) is 1.94. The van der Waals surface area contributed by atoms with E-state index >= 15 is 0 Å². The van der Waals surface area contributed by atoms with Crippen molar-refractivity contribution in [2.24, 2.45) is 0 Å². The Hall–Kier alpha value is -1.61. The summed E-state index contributed by atoms with van der Waals surface area (Å²) in [4.78, 5) is 8.01. The normalized spacial score (nSPS) is 9.93. The van der Waals surface area contributed by atoms with Crippen LogP contribution in [0.25, 0.3) is 0 Å². The molecule has 0 aliphatic rings. The SMILES string of the molecule is Clc1ncccc1NCc1cccnc1. The Morgan fingerprint density at radius 1 is 1.20 bits per heavy atom. The Morgan fingerprint density at radius 3 is 2.80 bits per heavy atom. The molecule has 2 aromatic heterocycles. The summed E-state index contributed by atoms with van der Waals surface area (Å²) in [5, 5.41) is 3.68. The topological polar surface area (TPSA) is 37.8 Å². The van der Waals surface area contributed by atoms with Crippen molar-refractivity contribution in [2.45, 2.75) is 6.54 Å². The highest BCUT2D eigenvalue weighted by Crippen LogP contribution is 2.17. The minimum absolute atomic E-state index is 0.487. The molecule has 0 saturated heterocycles. The summed E-state index contributed by atoms with van der Waals surface area (Å²) in [6, 6.07) is 7.65. The maximum Gasteiger partial charge on any atom is 0.152 e. The minimum atomic E-state index is 0.487. The molecule has 0 spiro atoms. The second-order valence-corrected chi connectivity index (χ2v) is 3.41. The van der Waals surface area contributed by atoms with E-state index in [2.05, 4.69) is 15.3 Å². The van der Waals surface area contributed by atoms with Gasteiger partial charge >= 0.3 is 0 Å². The largest absolute Gasteiger partial charge is 0.378 e. The van der Waals surface area contributed by atoms with Gasteiger partial charge in [-0.2, -0.15) is 0 Å². The molecule has 0 amide bonds. The quantitative estimate of drug-likeness (QED) is 0.807. The summed E-state index contributed by atoms with van der Waals surface area (Å²) < 4.78 is 0. The van der Waals surface area contributed by atoms with Gasteiger partial charge in [0.2, 0.25) is 0 Å². The van der Waals surface area contributed by atoms with E-state index in [1.54, 1.807) is 12.4 Å². The third-order valence-electron chi connectivity index (χ3n) is 1.96. The summed E-state index contributed by atoms with van der Waals surface area (Å²) in [5.74, 6) is 0. The molecule has 0 aliphatic heterocycles. The van der Waals surface area contributed by atoms with Crippen LogP contribution in [0, 0.1) is 0 Å². The molecule has 2 heterocycles. The van der Waals surface area contributed by atoms with E-state index in [4.69, 9.17) is 11.6 Å². The van der Waals surface area contributed by atoms with Gasteiger partial charge in [-0.05, 0) is 23.8 Å². The molecule has 2 aromatic rings. The molecule has 0 saturated carbocycles. The Kier molecular flexibility index (Phi) is 3.15. The lowest BCUT2D eigenvalue weighted by Gasteiger charge is -2.06. The third kappa shape index (κ3) is 2.67. The average Bonchev–Trinajstić information content (AvgIpc) is 2.29. The predicted octanol–water partition coefficient (Wildman–Crippen LogP) is 2.74. The second-order valence-electron chi connectivity index (χ2n) is 3.06. The van der Waals surface area contributed by atoms with Gasteiger partial charge in [-0.25, -0.2) is 4.98 Å². The van der Waals surface area contributed by atoms with Crippen molar-refractivity contribution in [1.82, 2.24) is 9.97 Å². The fourth-order valence-corrected chi connectivity index (χ4v) is 1.40. The first-order valence-electron chi connectivity index (χ1n) is 4.59. The number of nitrogens with one attached hydrogen (secondary N) is 1. The number of nitrogens with zero attached hydrogens (tertiary/aromatic N) is 2. The van der Waals surface area contributed by atoms with Crippen LogP contribution in [0.1, 0.15) is 5.56 Å². The van der Waals surface area contributed by atoms with Gasteiger partial charge in [0.05, 0.1) is 5.69 Å². The van der Waals surface area contributed by atoms with E-state index in [0.717, 1.165) is 11.3 Å². The Morgan fingerprint density at radius 2 is 2.07 bits per heavy atom. The van der Waals surface area contributed by atoms with E-state index in [1.165, 1.54) is 0 Å². The molecular weight excluding hydrogens is 210 g/mol. The lowest BCUT2D eigenvalue weighted by Crippen LogP contribution is -2.00. The van der Waals surface area contributed by atoms with E-state index < -0.39 is 0 Å². The van der Waals surface area contributed by atoms with Crippen molar-refractivity contribution in [1.29, 1.82) is 0 Å². The molecule has 1 N–H and O–H groups in total. The van der Waals surface area contributed by atoms with Gasteiger partial charge in [-0.1, -0.05) is 17.7 Å². The van der Waals surface area contributed by atoms with Crippen molar-refractivity contribution in [3.8, 4) is 0 Å². The van der Waals surface area contributed by atoms with Gasteiger partial charge in [-0.15, -0.1) is 0 Å². The molecule has 0 unspecified atom stereocenters. The number of pyridine rings is 2. The molecule has 0 fully saturated rings. The molecule has 0 bridgehead atoms. The van der Waals surface area contributed by atoms with Crippen molar-refractivity contribution in [3.63, 3.8) is 0 Å². The number of hydrogen-bond donors (Lipinski definition) is 1. The van der Waals surface area contributed by atoms with Gasteiger partial charge in [0.25, 0.3) is 0 Å². The lowest BCUT2D eigenvalue weighted by atomic mass is 10.3. The standard InChI is InChI=1S/C11H10ClN3/c12-11-10(4-2-6-14-11)15-8-9-3-1-5-13-7-9/h1-7,15H,8H2. The Bertz CT molecular complexity index is 431. The molecule has 76 valence electrons. The number of rotatable bonds is 3. The summed E-state index contributed by atoms with van der Waals surface area (Å²) >= 11 is 5.90. The van der Waals surface area contributed by atoms with Gasteiger partial charge in [0.1, 0.15) is 0 Å². The van der Waals surface area contributed by atoms with Crippen LogP contribution in [0.4, 0.5) is 5.69 Å². The van der Waals surface area contributed by atoms with Crippen molar-refractivity contribution in [3.05, 3.63) is 53.6 Å². The molecule has 0 aliphatic carbocycles. The number of aromatic nitrogens is 2. The Labute approximate surface area is 93.1 Å². The highest BCUT2D eigenvalue weighted by atomic mass is 35.5. The van der Waals surface area contributed by atoms with Crippen LogP contribution in [0.15, 0.2) is 42.9 Å². The lowest BCUT2D eigenvalue weighted by molar-refractivity contribution is 1.11. The molecule has 0 radical (unpaired) electrons. The van der Waals surface area contributed by atoms with Crippen LogP contribution in [0.2, 0.25) is 5.15 Å². The summed E-state index contributed by atoms with van der Waals surface area (Å²) in [6.07, 6.45) is 5.23. The summed E-state index contributed by atoms with van der Waals surface area (Å²) in [7, 11) is 0. The zero-order valence-corrected chi connectivity index (χ0v) is 8.78. The molecule has 0 atom stereocenters. The van der Waals surface area contributed by atoms with Crippen LogP contribution >= 0.6 is 11.6 Å². The first kappa shape index (κ1) is 9.93. The van der Waals surface area contributed by atoms with E-state index in [9.17, 15) is 0 Å². The van der Waals surface area contributed by atoms with Gasteiger partial charge in [0.15, 0.2) is 5.15 Å². The van der Waals surface area contributed by atoms with Crippen molar-refractivity contribution >= 4 is 17.3 Å². The minimum Gasteiger partial charge on any atom is -0.378 e. The molecule has 15 heavy (non-hydrogen) atoms. The highest BCUT2D eigenvalue weighted by Gasteiger charge is 1.98. The van der Waals surface area contributed by atoms with E-state index in [-0.39, 0.29) is 0 Å². The first-order chi connectivity index (χ1) is 7.36. The zero-order chi connectivity index (χ0) is 10.5. The molecular formula is C11H10ClN3. The van der Waals surface area contributed by atoms with Crippen molar-refractivity contribution in [2.75, 3.05) is 5.32 Å². The van der Waals surface area contributed by atoms with Crippen LogP contribution < -0.4 is 5.32 Å². The van der Waals surface area contributed by atoms with Gasteiger partial charge < -0.3 is 5.32 Å². The van der Waals surface area contributed by atoms with E-state index in [1.807, 2.05) is 30.5 Å². The first-order valence-corrected chi connectivity index (χ1v) is 4.97. The third-order valence-corrected chi connectivity index (χ3v) is 2.27. The van der Waals surface area contributed by atoms with Crippen LogP contribution in [-0.2, 0) is 6.54 Å². The molecule has 4 heteroatoms. The van der Waals surface area contributed by atoms with Crippen LogP contribution in [-0.4, -0.2) is 9.97 Å². The van der Waals surface area contributed by atoms with Gasteiger partial charge in [-0.3, -0.25) is 4.98 Å². The monoisotopic (exact) mass is 219 g/mol. The van der Waals surface area contributed by atoms with E-state index in [0.29, 0.717) is 11.7 Å². The molecule has 0 aromatic carbocycles. The maximum atomic E-state index is 5.90. The summed E-state index contributed by atoms with van der Waals surface area (Å²) in [6.45, 7) is 0.694. The predicted molar refractivity (Wildman–Crippen MR) is 60.8 cm³/mol. The van der Waals surface area contributed by atoms with Crippen molar-refractivity contribution < 1.29 is 0 Å². The van der Waals surface area contributed by atoms with Gasteiger partial charge in [0, 0.05) is 25.1 Å². The van der Waals surface area contributed by atoms with Crippen LogP contribution in [0.5, 0.6) is 0 Å². The molecule has 2 rings (SSSR count). The van der Waals surface area contributed by atoms with Crippen LogP contribution in [0.3, 0.4) is 0 Å². The number of anilines is 1. The zero-order valence-electron chi connectivity index (χ0n) is 8.02. The highest BCUT2D eigenvalue weighted by molar-refractivity contribution is 6.31. The average molecular weight is 220 g/mol. The Balaban J connectivity index is 2.03. The maximum absolute atomic E-state index is 5.90.